The number of amides is 1. The van der Waals surface area contributed by atoms with Crippen molar-refractivity contribution < 1.29 is 14.6 Å². The van der Waals surface area contributed by atoms with Crippen LogP contribution in [0, 0.1) is 12.8 Å². The molecule has 2 aromatic heterocycles. The average Bonchev–Trinajstić information content (AvgIpc) is 2.96. The molecule has 0 bridgehead atoms. The molecule has 0 aliphatic heterocycles. The maximum absolute atomic E-state index is 12.4. The van der Waals surface area contributed by atoms with Crippen molar-refractivity contribution in [2.24, 2.45) is 5.92 Å². The number of methoxy groups -OCH3 is 1. The number of ether oxygens (including phenoxy) is 1. The summed E-state index contributed by atoms with van der Waals surface area (Å²) in [6.07, 6.45) is 4.28. The van der Waals surface area contributed by atoms with Crippen molar-refractivity contribution in [3.8, 4) is 5.75 Å². The fraction of sp³-hybridized carbons (Fsp3) is 0.467. The molecule has 2 heterocycles. The highest BCUT2D eigenvalue weighted by Crippen LogP contribution is 2.38. The number of carbonyl (C=O) groups excluding carboxylic acids is 1. The number of H-pyrrole nitrogens is 1. The highest BCUT2D eigenvalue weighted by atomic mass is 16.5. The molecular weight excluding hydrogens is 298 g/mol. The van der Waals surface area contributed by atoms with Crippen LogP contribution < -0.4 is 10.1 Å². The molecule has 1 aliphatic carbocycles. The predicted molar refractivity (Wildman–Crippen MR) is 80.8 cm³/mol. The van der Waals surface area contributed by atoms with E-state index in [0.29, 0.717) is 24.3 Å². The minimum absolute atomic E-state index is 0.148. The number of nitrogens with one attached hydrogen (secondary N) is 2. The second kappa shape index (κ2) is 6.33. The molecule has 1 atom stereocenters. The largest absolute Gasteiger partial charge is 0.495 e. The van der Waals surface area contributed by atoms with Gasteiger partial charge in [-0.1, -0.05) is 0 Å². The zero-order valence-electron chi connectivity index (χ0n) is 13.0. The van der Waals surface area contributed by atoms with Gasteiger partial charge < -0.3 is 15.2 Å². The molecular formula is C15H19N5O3. The monoisotopic (exact) mass is 317 g/mol. The number of hydrogen-bond acceptors (Lipinski definition) is 6. The van der Waals surface area contributed by atoms with Crippen LogP contribution in [0.2, 0.25) is 0 Å². The van der Waals surface area contributed by atoms with Crippen molar-refractivity contribution in [2.45, 2.75) is 31.9 Å². The third-order valence-electron chi connectivity index (χ3n) is 4.17. The maximum atomic E-state index is 12.4. The summed E-state index contributed by atoms with van der Waals surface area (Å²) in [7, 11) is 1.57. The molecule has 1 fully saturated rings. The van der Waals surface area contributed by atoms with Gasteiger partial charge in [0.2, 0.25) is 0 Å². The molecule has 0 radical (unpaired) electrons. The fourth-order valence-corrected chi connectivity index (χ4v) is 2.80. The number of carbonyl (C=O) groups is 1. The van der Waals surface area contributed by atoms with Gasteiger partial charge in [0.25, 0.3) is 5.91 Å². The summed E-state index contributed by atoms with van der Waals surface area (Å²) < 4.78 is 5.20. The van der Waals surface area contributed by atoms with E-state index in [1.54, 1.807) is 26.4 Å². The standard InChI is InChI=1S/C15H19N5O3/c1-8-13(19-20-18-8)15(22)17-14(9-3-11(21)4-9)10-5-12(23-2)7-16-6-10/h5-7,9,11,14,21H,3-4H2,1-2H3,(H,17,22)(H,18,19,20). The van der Waals surface area contributed by atoms with Gasteiger partial charge >= 0.3 is 0 Å². The Bertz CT molecular complexity index is 696. The van der Waals surface area contributed by atoms with Gasteiger partial charge in [-0.05, 0) is 37.3 Å². The van der Waals surface area contributed by atoms with Gasteiger partial charge in [-0.2, -0.15) is 15.4 Å². The van der Waals surface area contributed by atoms with Crippen molar-refractivity contribution in [3.63, 3.8) is 0 Å². The summed E-state index contributed by atoms with van der Waals surface area (Å²) in [6, 6.07) is 1.59. The lowest BCUT2D eigenvalue weighted by molar-refractivity contribution is 0.0234. The van der Waals surface area contributed by atoms with Gasteiger partial charge in [0, 0.05) is 6.20 Å². The zero-order valence-corrected chi connectivity index (χ0v) is 13.0. The first-order valence-corrected chi connectivity index (χ1v) is 7.43. The first-order chi connectivity index (χ1) is 11.1. The minimum atomic E-state index is -0.313. The van der Waals surface area contributed by atoms with Crippen LogP contribution in [0.1, 0.15) is 40.6 Å². The Morgan fingerprint density at radius 1 is 1.43 bits per heavy atom. The third kappa shape index (κ3) is 3.16. The van der Waals surface area contributed by atoms with Gasteiger partial charge in [0.15, 0.2) is 5.69 Å². The van der Waals surface area contributed by atoms with E-state index < -0.39 is 0 Å². The molecule has 8 heteroatoms. The normalized spacial score (nSPS) is 21.3. The molecule has 0 aromatic carbocycles. The topological polar surface area (TPSA) is 113 Å². The number of aliphatic hydroxyl groups excluding tert-OH is 1. The highest BCUT2D eigenvalue weighted by molar-refractivity contribution is 5.93. The quantitative estimate of drug-likeness (QED) is 0.750. The molecule has 3 rings (SSSR count). The molecule has 3 N–H and O–H groups in total. The van der Waals surface area contributed by atoms with Crippen molar-refractivity contribution in [2.75, 3.05) is 7.11 Å². The lowest BCUT2D eigenvalue weighted by Gasteiger charge is -2.38. The molecule has 1 unspecified atom stereocenters. The Morgan fingerprint density at radius 2 is 2.22 bits per heavy atom. The number of aliphatic hydroxyl groups is 1. The molecule has 1 saturated carbocycles. The summed E-state index contributed by atoms with van der Waals surface area (Å²) in [5, 5.41) is 22.8. The molecule has 0 saturated heterocycles. The van der Waals surface area contributed by atoms with E-state index in [0.717, 1.165) is 5.56 Å². The van der Waals surface area contributed by atoms with E-state index in [9.17, 15) is 9.90 Å². The van der Waals surface area contributed by atoms with Crippen LogP contribution in [0.5, 0.6) is 5.75 Å². The lowest BCUT2D eigenvalue weighted by atomic mass is 9.75. The number of aromatic amines is 1. The van der Waals surface area contributed by atoms with Crippen LogP contribution in [-0.4, -0.2) is 44.6 Å². The van der Waals surface area contributed by atoms with Crippen molar-refractivity contribution >= 4 is 5.91 Å². The van der Waals surface area contributed by atoms with Gasteiger partial charge in [-0.25, -0.2) is 0 Å². The number of aryl methyl sites for hydroxylation is 1. The van der Waals surface area contributed by atoms with E-state index in [1.807, 2.05) is 6.07 Å². The van der Waals surface area contributed by atoms with E-state index in [2.05, 4.69) is 25.7 Å². The Labute approximate surface area is 133 Å². The SMILES string of the molecule is COc1cncc(C(NC(=O)c2n[nH]nc2C)C2CC(O)C2)c1. The molecule has 2 aromatic rings. The van der Waals surface area contributed by atoms with E-state index in [-0.39, 0.29) is 29.7 Å². The smallest absolute Gasteiger partial charge is 0.274 e. The Morgan fingerprint density at radius 3 is 2.83 bits per heavy atom. The lowest BCUT2D eigenvalue weighted by Crippen LogP contribution is -2.41. The van der Waals surface area contributed by atoms with Crippen LogP contribution in [0.25, 0.3) is 0 Å². The number of rotatable bonds is 5. The molecule has 1 aliphatic rings. The van der Waals surface area contributed by atoms with E-state index in [4.69, 9.17) is 4.74 Å². The Balaban J connectivity index is 1.84. The molecule has 122 valence electrons. The number of hydrogen-bond donors (Lipinski definition) is 3. The predicted octanol–water partition coefficient (Wildman–Crippen LogP) is 0.759. The summed E-state index contributed by atoms with van der Waals surface area (Å²) in [6.45, 7) is 1.72. The molecule has 0 spiro atoms. The Hall–Kier alpha value is -2.48. The maximum Gasteiger partial charge on any atom is 0.274 e. The van der Waals surface area contributed by atoms with Crippen molar-refractivity contribution in [1.29, 1.82) is 0 Å². The van der Waals surface area contributed by atoms with E-state index >= 15 is 0 Å². The number of nitrogens with zero attached hydrogens (tertiary/aromatic N) is 3. The first-order valence-electron chi connectivity index (χ1n) is 7.43. The van der Waals surface area contributed by atoms with Crippen LogP contribution in [0.4, 0.5) is 0 Å². The minimum Gasteiger partial charge on any atom is -0.495 e. The average molecular weight is 317 g/mol. The number of pyridine rings is 1. The van der Waals surface area contributed by atoms with Gasteiger partial charge in [0.05, 0.1) is 31.1 Å². The fourth-order valence-electron chi connectivity index (χ4n) is 2.80. The second-order valence-corrected chi connectivity index (χ2v) is 5.75. The summed E-state index contributed by atoms with van der Waals surface area (Å²) in [5.74, 6) is 0.472. The van der Waals surface area contributed by atoms with Crippen LogP contribution >= 0.6 is 0 Å². The van der Waals surface area contributed by atoms with Crippen LogP contribution in [0.3, 0.4) is 0 Å². The van der Waals surface area contributed by atoms with Crippen molar-refractivity contribution in [3.05, 3.63) is 35.4 Å². The second-order valence-electron chi connectivity index (χ2n) is 5.75. The summed E-state index contributed by atoms with van der Waals surface area (Å²) in [5.41, 5.74) is 1.65. The summed E-state index contributed by atoms with van der Waals surface area (Å²) in [4.78, 5) is 16.6. The van der Waals surface area contributed by atoms with Gasteiger partial charge in [-0.15, -0.1) is 0 Å². The zero-order chi connectivity index (χ0) is 16.4. The van der Waals surface area contributed by atoms with Crippen LogP contribution in [0.15, 0.2) is 18.5 Å². The van der Waals surface area contributed by atoms with E-state index in [1.165, 1.54) is 0 Å². The van der Waals surface area contributed by atoms with Gasteiger partial charge in [0.1, 0.15) is 5.75 Å². The number of aromatic nitrogens is 4. The third-order valence-corrected chi connectivity index (χ3v) is 4.17. The Kier molecular flexibility index (Phi) is 4.24. The highest BCUT2D eigenvalue weighted by Gasteiger charge is 2.36. The molecule has 23 heavy (non-hydrogen) atoms. The first kappa shape index (κ1) is 15.4. The summed E-state index contributed by atoms with van der Waals surface area (Å²) >= 11 is 0. The van der Waals surface area contributed by atoms with Gasteiger partial charge in [-0.3, -0.25) is 9.78 Å². The van der Waals surface area contributed by atoms with Crippen LogP contribution in [-0.2, 0) is 0 Å². The molecule has 8 nitrogen and oxygen atoms in total. The van der Waals surface area contributed by atoms with Crippen molar-refractivity contribution in [1.82, 2.24) is 25.7 Å². The molecule has 1 amide bonds.